The van der Waals surface area contributed by atoms with Gasteiger partial charge in [0.1, 0.15) is 0 Å². The predicted octanol–water partition coefficient (Wildman–Crippen LogP) is 3.13. The maximum atomic E-state index is 11.8. The molecular weight excluding hydrogens is 222 g/mol. The van der Waals surface area contributed by atoms with E-state index >= 15 is 0 Å². The van der Waals surface area contributed by atoms with Gasteiger partial charge in [0.05, 0.1) is 0 Å². The van der Waals surface area contributed by atoms with E-state index in [1.807, 2.05) is 31.2 Å². The van der Waals surface area contributed by atoms with Crippen LogP contribution in [0.4, 0.5) is 0 Å². The van der Waals surface area contributed by atoms with Crippen molar-refractivity contribution in [3.8, 4) is 0 Å². The van der Waals surface area contributed by atoms with Crippen LogP contribution in [0, 0.1) is 6.92 Å². The van der Waals surface area contributed by atoms with Crippen LogP contribution >= 0.6 is 11.6 Å². The Morgan fingerprint density at radius 2 is 2.00 bits per heavy atom. The monoisotopic (exact) mass is 239 g/mol. The molecule has 2 nitrogen and oxygen atoms in total. The number of unbranched alkanes of at least 4 members (excludes halogenated alkanes) is 2. The lowest BCUT2D eigenvalue weighted by molar-refractivity contribution is 0.0952. The van der Waals surface area contributed by atoms with E-state index in [9.17, 15) is 4.79 Å². The molecule has 0 aromatic heterocycles. The van der Waals surface area contributed by atoms with Gasteiger partial charge in [-0.2, -0.15) is 0 Å². The molecule has 1 amide bonds. The van der Waals surface area contributed by atoms with Gasteiger partial charge in [-0.05, 0) is 31.4 Å². The van der Waals surface area contributed by atoms with Crippen molar-refractivity contribution in [1.82, 2.24) is 5.32 Å². The number of nitrogens with one attached hydrogen (secondary N) is 1. The maximum absolute atomic E-state index is 11.8. The number of amides is 1. The summed E-state index contributed by atoms with van der Waals surface area (Å²) in [5, 5.41) is 2.92. The van der Waals surface area contributed by atoms with Gasteiger partial charge in [-0.15, -0.1) is 11.6 Å². The minimum Gasteiger partial charge on any atom is -0.352 e. The van der Waals surface area contributed by atoms with Crippen LogP contribution in [-0.2, 0) is 0 Å². The summed E-state index contributed by atoms with van der Waals surface area (Å²) in [6.45, 7) is 2.67. The number of aryl methyl sites for hydroxylation is 1. The lowest BCUT2D eigenvalue weighted by atomic mass is 10.1. The fourth-order valence-electron chi connectivity index (χ4n) is 1.52. The van der Waals surface area contributed by atoms with E-state index in [0.29, 0.717) is 5.88 Å². The highest BCUT2D eigenvalue weighted by Crippen LogP contribution is 2.06. The first kappa shape index (κ1) is 13.0. The summed E-state index contributed by atoms with van der Waals surface area (Å²) < 4.78 is 0. The zero-order valence-electron chi connectivity index (χ0n) is 9.63. The molecule has 0 radical (unpaired) electrons. The smallest absolute Gasteiger partial charge is 0.251 e. The fraction of sp³-hybridized carbons (Fsp3) is 0.462. The van der Waals surface area contributed by atoms with Gasteiger partial charge < -0.3 is 5.32 Å². The Hall–Kier alpha value is -1.02. The molecule has 0 heterocycles. The largest absolute Gasteiger partial charge is 0.352 e. The highest BCUT2D eigenvalue weighted by Gasteiger charge is 2.06. The fourth-order valence-corrected chi connectivity index (χ4v) is 1.71. The third kappa shape index (κ3) is 4.23. The number of alkyl halides is 1. The van der Waals surface area contributed by atoms with E-state index in [4.69, 9.17) is 11.6 Å². The number of benzene rings is 1. The van der Waals surface area contributed by atoms with Crippen LogP contribution in [0.3, 0.4) is 0 Å². The maximum Gasteiger partial charge on any atom is 0.251 e. The van der Waals surface area contributed by atoms with Crippen molar-refractivity contribution in [1.29, 1.82) is 0 Å². The molecule has 1 aromatic rings. The van der Waals surface area contributed by atoms with Gasteiger partial charge in [-0.25, -0.2) is 0 Å². The van der Waals surface area contributed by atoms with Gasteiger partial charge in [0, 0.05) is 18.0 Å². The molecule has 3 heteroatoms. The van der Waals surface area contributed by atoms with Crippen LogP contribution < -0.4 is 5.32 Å². The van der Waals surface area contributed by atoms with E-state index in [1.54, 1.807) is 0 Å². The van der Waals surface area contributed by atoms with E-state index < -0.39 is 0 Å². The Labute approximate surface area is 102 Å². The van der Waals surface area contributed by atoms with Gasteiger partial charge >= 0.3 is 0 Å². The molecule has 0 atom stereocenters. The Bertz CT molecular complexity index is 338. The highest BCUT2D eigenvalue weighted by atomic mass is 35.5. The van der Waals surface area contributed by atoms with Crippen LogP contribution in [-0.4, -0.2) is 18.3 Å². The zero-order valence-corrected chi connectivity index (χ0v) is 10.4. The quantitative estimate of drug-likeness (QED) is 0.600. The van der Waals surface area contributed by atoms with E-state index in [1.165, 1.54) is 0 Å². The molecule has 0 spiro atoms. The Morgan fingerprint density at radius 3 is 2.69 bits per heavy atom. The molecule has 1 rings (SSSR count). The topological polar surface area (TPSA) is 29.1 Å². The molecule has 0 fully saturated rings. The molecule has 0 saturated carbocycles. The van der Waals surface area contributed by atoms with Gasteiger partial charge in [-0.3, -0.25) is 4.79 Å². The van der Waals surface area contributed by atoms with Crippen molar-refractivity contribution in [2.24, 2.45) is 0 Å². The van der Waals surface area contributed by atoms with Crippen LogP contribution in [0.5, 0.6) is 0 Å². The van der Waals surface area contributed by atoms with Crippen molar-refractivity contribution >= 4 is 17.5 Å². The van der Waals surface area contributed by atoms with Crippen molar-refractivity contribution in [2.45, 2.75) is 26.2 Å². The molecule has 88 valence electrons. The lowest BCUT2D eigenvalue weighted by Crippen LogP contribution is -2.25. The molecule has 16 heavy (non-hydrogen) atoms. The normalized spacial score (nSPS) is 10.1. The average molecular weight is 240 g/mol. The van der Waals surface area contributed by atoms with Crippen LogP contribution in [0.25, 0.3) is 0 Å². The summed E-state index contributed by atoms with van der Waals surface area (Å²) in [4.78, 5) is 11.8. The van der Waals surface area contributed by atoms with Gasteiger partial charge in [0.15, 0.2) is 0 Å². The number of halogens is 1. The minimum atomic E-state index is 0.0176. The van der Waals surface area contributed by atoms with Gasteiger partial charge in [0.25, 0.3) is 5.91 Å². The molecule has 0 bridgehead atoms. The minimum absolute atomic E-state index is 0.0176. The molecule has 0 saturated heterocycles. The van der Waals surface area contributed by atoms with Gasteiger partial charge in [0.2, 0.25) is 0 Å². The Balaban J connectivity index is 2.33. The number of hydrogen-bond donors (Lipinski definition) is 1. The van der Waals surface area contributed by atoms with Crippen molar-refractivity contribution in [3.05, 3.63) is 35.4 Å². The summed E-state index contributed by atoms with van der Waals surface area (Å²) >= 11 is 5.57. The average Bonchev–Trinajstić information content (AvgIpc) is 2.29. The SMILES string of the molecule is Cc1ccccc1C(=O)NCCCCCCl. The number of hydrogen-bond acceptors (Lipinski definition) is 1. The molecule has 1 N–H and O–H groups in total. The molecule has 0 aliphatic rings. The summed E-state index contributed by atoms with van der Waals surface area (Å²) in [5.74, 6) is 0.718. The Kier molecular flexibility index (Phi) is 5.94. The van der Waals surface area contributed by atoms with Crippen LogP contribution in [0.15, 0.2) is 24.3 Å². The number of carbonyl (C=O) groups is 1. The van der Waals surface area contributed by atoms with Crippen LogP contribution in [0.2, 0.25) is 0 Å². The summed E-state index contributed by atoms with van der Waals surface area (Å²) in [6, 6.07) is 7.62. The zero-order chi connectivity index (χ0) is 11.8. The number of carbonyl (C=O) groups excluding carboxylic acids is 1. The Morgan fingerprint density at radius 1 is 1.25 bits per heavy atom. The number of rotatable bonds is 6. The summed E-state index contributed by atoms with van der Waals surface area (Å²) in [6.07, 6.45) is 3.07. The van der Waals surface area contributed by atoms with Crippen molar-refractivity contribution < 1.29 is 4.79 Å². The van der Waals surface area contributed by atoms with Crippen LogP contribution in [0.1, 0.15) is 35.2 Å². The van der Waals surface area contributed by atoms with E-state index in [-0.39, 0.29) is 5.91 Å². The molecule has 1 aromatic carbocycles. The second kappa shape index (κ2) is 7.29. The summed E-state index contributed by atoms with van der Waals surface area (Å²) in [5.41, 5.74) is 1.78. The molecule has 0 unspecified atom stereocenters. The first-order valence-corrected chi connectivity index (χ1v) is 6.19. The van der Waals surface area contributed by atoms with E-state index in [2.05, 4.69) is 5.32 Å². The van der Waals surface area contributed by atoms with E-state index in [0.717, 1.165) is 36.9 Å². The van der Waals surface area contributed by atoms with Gasteiger partial charge in [-0.1, -0.05) is 24.6 Å². The third-order valence-corrected chi connectivity index (χ3v) is 2.75. The van der Waals surface area contributed by atoms with Crippen molar-refractivity contribution in [2.75, 3.05) is 12.4 Å². The first-order valence-electron chi connectivity index (χ1n) is 5.65. The molecule has 0 aliphatic carbocycles. The molecular formula is C13H18ClNO. The van der Waals surface area contributed by atoms with Crippen molar-refractivity contribution in [3.63, 3.8) is 0 Å². The second-order valence-electron chi connectivity index (χ2n) is 3.82. The lowest BCUT2D eigenvalue weighted by Gasteiger charge is -2.06. The molecule has 0 aliphatic heterocycles. The standard InChI is InChI=1S/C13H18ClNO/c1-11-7-3-4-8-12(11)13(16)15-10-6-2-5-9-14/h3-4,7-8H,2,5-6,9-10H2,1H3,(H,15,16). The first-order chi connectivity index (χ1) is 7.75. The second-order valence-corrected chi connectivity index (χ2v) is 4.20. The predicted molar refractivity (Wildman–Crippen MR) is 68.1 cm³/mol. The summed E-state index contributed by atoms with van der Waals surface area (Å²) in [7, 11) is 0. The third-order valence-electron chi connectivity index (χ3n) is 2.49. The highest BCUT2D eigenvalue weighted by molar-refractivity contribution is 6.17.